The molecule has 0 atom stereocenters. The number of aliphatic imine (C=N–C) groups is 1. The Kier molecular flexibility index (Phi) is 11.8. The van der Waals surface area contributed by atoms with Crippen LogP contribution >= 0.6 is 24.0 Å². The van der Waals surface area contributed by atoms with Crippen LogP contribution in [-0.2, 0) is 6.54 Å². The zero-order valence-electron chi connectivity index (χ0n) is 19.9. The Hall–Kier alpha value is -1.32. The minimum atomic E-state index is 0. The Morgan fingerprint density at radius 3 is 2.31 bits per heavy atom. The van der Waals surface area contributed by atoms with Crippen molar-refractivity contribution in [3.05, 3.63) is 42.0 Å². The summed E-state index contributed by atoms with van der Waals surface area (Å²) in [6.07, 6.45) is 4.43. The summed E-state index contributed by atoms with van der Waals surface area (Å²) in [5.74, 6) is 1.39. The van der Waals surface area contributed by atoms with E-state index in [1.54, 1.807) is 0 Å². The molecule has 2 fully saturated rings. The van der Waals surface area contributed by atoms with Gasteiger partial charge in [0.05, 0.1) is 6.54 Å². The molecular weight excluding hydrogens is 513 g/mol. The summed E-state index contributed by atoms with van der Waals surface area (Å²) in [6, 6.07) is 9.28. The average molecular weight is 556 g/mol. The molecule has 0 saturated carbocycles. The summed E-state index contributed by atoms with van der Waals surface area (Å²) in [7, 11) is 0. The molecule has 7 heteroatoms. The molecule has 3 rings (SSSR count). The molecule has 0 aromatic heterocycles. The zero-order valence-corrected chi connectivity index (χ0v) is 22.2. The number of hydrogen-bond acceptors (Lipinski definition) is 4. The van der Waals surface area contributed by atoms with Crippen molar-refractivity contribution in [3.8, 4) is 0 Å². The lowest BCUT2D eigenvalue weighted by molar-refractivity contribution is 0.203. The van der Waals surface area contributed by atoms with E-state index in [0.717, 1.165) is 70.9 Å². The van der Waals surface area contributed by atoms with Crippen LogP contribution in [0.15, 0.2) is 41.4 Å². The van der Waals surface area contributed by atoms with Gasteiger partial charge < -0.3 is 20.6 Å². The summed E-state index contributed by atoms with van der Waals surface area (Å²) < 4.78 is 0. The van der Waals surface area contributed by atoms with Crippen molar-refractivity contribution in [1.82, 2.24) is 15.5 Å². The first-order chi connectivity index (χ1) is 15.1. The fraction of sp³-hybridized carbons (Fsp3) is 0.640. The molecule has 6 nitrogen and oxygen atoms in total. The number of anilines is 1. The van der Waals surface area contributed by atoms with Crippen molar-refractivity contribution in [1.29, 1.82) is 0 Å². The Labute approximate surface area is 211 Å². The summed E-state index contributed by atoms with van der Waals surface area (Å²) in [4.78, 5) is 9.74. The van der Waals surface area contributed by atoms with E-state index in [2.05, 4.69) is 65.1 Å². The van der Waals surface area contributed by atoms with Gasteiger partial charge in [0.25, 0.3) is 0 Å². The topological polar surface area (TPSA) is 63.1 Å². The first-order valence-electron chi connectivity index (χ1n) is 11.9. The predicted molar refractivity (Wildman–Crippen MR) is 146 cm³/mol. The first kappa shape index (κ1) is 26.9. The molecule has 0 spiro atoms. The molecule has 32 heavy (non-hydrogen) atoms. The lowest BCUT2D eigenvalue weighted by atomic mass is 9.97. The summed E-state index contributed by atoms with van der Waals surface area (Å²) in [5, 5.41) is 16.4. The molecule has 0 amide bonds. The third-order valence-corrected chi connectivity index (χ3v) is 6.36. The van der Waals surface area contributed by atoms with Gasteiger partial charge in [-0.25, -0.2) is 4.99 Å². The van der Waals surface area contributed by atoms with E-state index in [9.17, 15) is 5.11 Å². The van der Waals surface area contributed by atoms with Crippen molar-refractivity contribution in [2.24, 2.45) is 10.9 Å². The number of nitrogens with zero attached hydrogens (tertiary/aromatic N) is 3. The Balaban J connectivity index is 0.00000363. The van der Waals surface area contributed by atoms with E-state index in [0.29, 0.717) is 25.1 Å². The van der Waals surface area contributed by atoms with Gasteiger partial charge in [-0.2, -0.15) is 0 Å². The molecule has 0 radical (unpaired) electrons. The van der Waals surface area contributed by atoms with Crippen molar-refractivity contribution < 1.29 is 5.11 Å². The van der Waals surface area contributed by atoms with Crippen LogP contribution in [0.3, 0.4) is 0 Å². The first-order valence-corrected chi connectivity index (χ1v) is 11.9. The standard InChI is InChI=1S/C25H41N5O.HI/c1-4-26-25(28-23-11-13-29(14-12-23)18-20(2)3)27-17-21-5-7-24(8-6-21)30-15-9-22(19-31)10-16-30;/h5-8,22-23,31H,2,4,9-19H2,1,3H3,(H2,26,27,28);1H. The lowest BCUT2D eigenvalue weighted by Gasteiger charge is -2.33. The quantitative estimate of drug-likeness (QED) is 0.198. The minimum Gasteiger partial charge on any atom is -0.396 e. The van der Waals surface area contributed by atoms with Crippen molar-refractivity contribution >= 4 is 35.6 Å². The van der Waals surface area contributed by atoms with Crippen LogP contribution in [0.1, 0.15) is 45.1 Å². The van der Waals surface area contributed by atoms with Crippen LogP contribution in [0.25, 0.3) is 0 Å². The molecule has 1 aromatic rings. The van der Waals surface area contributed by atoms with Gasteiger partial charge in [0.2, 0.25) is 0 Å². The number of guanidine groups is 1. The highest BCUT2D eigenvalue weighted by atomic mass is 127. The Morgan fingerprint density at radius 2 is 1.75 bits per heavy atom. The van der Waals surface area contributed by atoms with Crippen LogP contribution in [0.2, 0.25) is 0 Å². The highest BCUT2D eigenvalue weighted by molar-refractivity contribution is 14.0. The number of aliphatic hydroxyl groups excluding tert-OH is 1. The van der Waals surface area contributed by atoms with Crippen molar-refractivity contribution in [2.45, 2.75) is 52.1 Å². The van der Waals surface area contributed by atoms with Crippen LogP contribution in [0, 0.1) is 5.92 Å². The van der Waals surface area contributed by atoms with Gasteiger partial charge >= 0.3 is 0 Å². The van der Waals surface area contributed by atoms with E-state index >= 15 is 0 Å². The van der Waals surface area contributed by atoms with E-state index < -0.39 is 0 Å². The third-order valence-electron chi connectivity index (χ3n) is 6.36. The monoisotopic (exact) mass is 555 g/mol. The van der Waals surface area contributed by atoms with Crippen molar-refractivity contribution in [2.75, 3.05) is 50.8 Å². The largest absolute Gasteiger partial charge is 0.396 e. The molecule has 2 aliphatic rings. The maximum absolute atomic E-state index is 9.33. The van der Waals surface area contributed by atoms with E-state index in [-0.39, 0.29) is 24.0 Å². The molecule has 3 N–H and O–H groups in total. The average Bonchev–Trinajstić information content (AvgIpc) is 2.79. The SMILES string of the molecule is C=C(C)CN1CCC(NC(=NCc2ccc(N3CCC(CO)CC3)cc2)NCC)CC1.I. The highest BCUT2D eigenvalue weighted by Gasteiger charge is 2.20. The van der Waals surface area contributed by atoms with Crippen LogP contribution in [0.5, 0.6) is 0 Å². The van der Waals surface area contributed by atoms with Crippen LogP contribution < -0.4 is 15.5 Å². The fourth-order valence-electron chi connectivity index (χ4n) is 4.49. The number of aliphatic hydroxyl groups is 1. The second-order valence-electron chi connectivity index (χ2n) is 9.13. The zero-order chi connectivity index (χ0) is 22.1. The van der Waals surface area contributed by atoms with Crippen molar-refractivity contribution in [3.63, 3.8) is 0 Å². The third kappa shape index (κ3) is 8.56. The smallest absolute Gasteiger partial charge is 0.191 e. The normalized spacial score (nSPS) is 18.8. The summed E-state index contributed by atoms with van der Waals surface area (Å²) in [6.45, 7) is 15.4. The van der Waals surface area contributed by atoms with Gasteiger partial charge in [0, 0.05) is 57.6 Å². The molecule has 2 saturated heterocycles. The van der Waals surface area contributed by atoms with E-state index in [1.807, 2.05) is 0 Å². The molecule has 0 aliphatic carbocycles. The number of likely N-dealkylation sites (tertiary alicyclic amines) is 1. The minimum absolute atomic E-state index is 0. The number of rotatable bonds is 8. The molecule has 0 bridgehead atoms. The number of piperidine rings is 2. The van der Waals surface area contributed by atoms with Crippen LogP contribution in [0.4, 0.5) is 5.69 Å². The van der Waals surface area contributed by atoms with Gasteiger partial charge in [0.15, 0.2) is 5.96 Å². The van der Waals surface area contributed by atoms with E-state index in [4.69, 9.17) is 4.99 Å². The predicted octanol–water partition coefficient (Wildman–Crippen LogP) is 3.61. The number of hydrogen-bond donors (Lipinski definition) is 3. The second-order valence-corrected chi connectivity index (χ2v) is 9.13. The maximum atomic E-state index is 9.33. The number of nitrogens with one attached hydrogen (secondary N) is 2. The lowest BCUT2D eigenvalue weighted by Crippen LogP contribution is -2.48. The number of halogens is 1. The molecule has 2 aliphatic heterocycles. The van der Waals surface area contributed by atoms with Crippen LogP contribution in [-0.4, -0.2) is 67.9 Å². The Bertz CT molecular complexity index is 708. The van der Waals surface area contributed by atoms with Gasteiger partial charge in [0.1, 0.15) is 0 Å². The molecule has 1 aromatic carbocycles. The molecule has 180 valence electrons. The highest BCUT2D eigenvalue weighted by Crippen LogP contribution is 2.23. The fourth-order valence-corrected chi connectivity index (χ4v) is 4.49. The van der Waals surface area contributed by atoms with Gasteiger partial charge in [-0.3, -0.25) is 4.90 Å². The maximum Gasteiger partial charge on any atom is 0.191 e. The summed E-state index contributed by atoms with van der Waals surface area (Å²) >= 11 is 0. The molecule has 2 heterocycles. The van der Waals surface area contributed by atoms with Gasteiger partial charge in [-0.15, -0.1) is 24.0 Å². The summed E-state index contributed by atoms with van der Waals surface area (Å²) in [5.41, 5.74) is 3.74. The molecular formula is C25H42IN5O. The number of benzene rings is 1. The molecule has 0 unspecified atom stereocenters. The Morgan fingerprint density at radius 1 is 1.09 bits per heavy atom. The van der Waals surface area contributed by atoms with Gasteiger partial charge in [-0.1, -0.05) is 24.3 Å². The van der Waals surface area contributed by atoms with Gasteiger partial charge in [-0.05, 0) is 63.1 Å². The second kappa shape index (κ2) is 14.1. The van der Waals surface area contributed by atoms with E-state index in [1.165, 1.54) is 16.8 Å².